The first-order chi connectivity index (χ1) is 9.66. The predicted octanol–water partition coefficient (Wildman–Crippen LogP) is 1.09. The lowest BCUT2D eigenvalue weighted by molar-refractivity contribution is -0.124. The minimum atomic E-state index is -0.648. The van der Waals surface area contributed by atoms with Crippen molar-refractivity contribution in [3.05, 3.63) is 29.8 Å². The first-order valence-corrected chi connectivity index (χ1v) is 7.12. The second-order valence-corrected chi connectivity index (χ2v) is 5.51. The summed E-state index contributed by atoms with van der Waals surface area (Å²) in [5, 5.41) is 3.00. The number of anilines is 1. The second kappa shape index (κ2) is 5.25. The van der Waals surface area contributed by atoms with Crippen LogP contribution in [0, 0.1) is 0 Å². The van der Waals surface area contributed by atoms with Crippen molar-refractivity contribution in [2.45, 2.75) is 37.8 Å². The molecule has 0 bridgehead atoms. The maximum atomic E-state index is 12.2. The van der Waals surface area contributed by atoms with Crippen molar-refractivity contribution in [1.29, 1.82) is 0 Å². The summed E-state index contributed by atoms with van der Waals surface area (Å²) in [6.07, 6.45) is 4.41. The van der Waals surface area contributed by atoms with E-state index < -0.39 is 6.04 Å². The van der Waals surface area contributed by atoms with Gasteiger partial charge in [-0.25, -0.2) is 0 Å². The fourth-order valence-corrected chi connectivity index (χ4v) is 3.07. The van der Waals surface area contributed by atoms with Crippen LogP contribution in [0.3, 0.4) is 0 Å². The summed E-state index contributed by atoms with van der Waals surface area (Å²) < 4.78 is 0. The van der Waals surface area contributed by atoms with E-state index in [1.807, 2.05) is 24.3 Å². The molecule has 0 radical (unpaired) electrons. The molecule has 0 saturated heterocycles. The molecule has 1 aliphatic carbocycles. The highest BCUT2D eigenvalue weighted by atomic mass is 16.2. The molecule has 1 atom stereocenters. The fourth-order valence-electron chi connectivity index (χ4n) is 3.07. The number of carbonyl (C=O) groups is 2. The van der Waals surface area contributed by atoms with Gasteiger partial charge in [-0.1, -0.05) is 31.0 Å². The van der Waals surface area contributed by atoms with Gasteiger partial charge in [-0.3, -0.25) is 9.59 Å². The van der Waals surface area contributed by atoms with Gasteiger partial charge in [0.25, 0.3) is 0 Å². The van der Waals surface area contributed by atoms with Crippen molar-refractivity contribution in [2.75, 3.05) is 11.4 Å². The molecule has 1 fully saturated rings. The molecular weight excluding hydrogens is 254 g/mol. The summed E-state index contributed by atoms with van der Waals surface area (Å²) in [6.45, 7) is 0.0556. The normalized spacial score (nSPS) is 22.1. The van der Waals surface area contributed by atoms with Gasteiger partial charge in [0.15, 0.2) is 0 Å². The molecule has 2 aliphatic rings. The Balaban J connectivity index is 1.70. The van der Waals surface area contributed by atoms with Crippen LogP contribution in [0.25, 0.3) is 0 Å². The Bertz CT molecular complexity index is 538. The highest BCUT2D eigenvalue weighted by molar-refractivity contribution is 6.07. The number of amides is 2. The number of nitrogens with one attached hydrogen (secondary N) is 1. The van der Waals surface area contributed by atoms with Crippen LogP contribution in [0.1, 0.15) is 37.3 Å². The van der Waals surface area contributed by atoms with Crippen molar-refractivity contribution in [1.82, 2.24) is 5.32 Å². The van der Waals surface area contributed by atoms with Crippen LogP contribution in [-0.4, -0.2) is 24.4 Å². The molecule has 1 aromatic rings. The third kappa shape index (κ3) is 2.29. The molecule has 0 spiro atoms. The highest BCUT2D eigenvalue weighted by Crippen LogP contribution is 2.33. The summed E-state index contributed by atoms with van der Waals surface area (Å²) in [6, 6.07) is 7.00. The van der Waals surface area contributed by atoms with E-state index >= 15 is 0 Å². The molecule has 2 amide bonds. The largest absolute Gasteiger partial charge is 0.352 e. The molecule has 1 heterocycles. The molecule has 1 aliphatic heterocycles. The number of nitrogens with two attached hydrogens (primary N) is 1. The average molecular weight is 273 g/mol. The number of rotatable bonds is 3. The highest BCUT2D eigenvalue weighted by Gasteiger charge is 2.35. The van der Waals surface area contributed by atoms with Gasteiger partial charge in [0, 0.05) is 17.3 Å². The van der Waals surface area contributed by atoms with E-state index in [9.17, 15) is 9.59 Å². The standard InChI is InChI=1S/C15H19N3O2/c16-14-11-7-3-4-8-12(11)18(15(14)20)9-13(19)17-10-5-1-2-6-10/h3-4,7-8,10,14H,1-2,5-6,9,16H2,(H,17,19). The minimum Gasteiger partial charge on any atom is -0.352 e. The number of hydrogen-bond donors (Lipinski definition) is 2. The van der Waals surface area contributed by atoms with Crippen LogP contribution in [0.5, 0.6) is 0 Å². The smallest absolute Gasteiger partial charge is 0.249 e. The van der Waals surface area contributed by atoms with Gasteiger partial charge in [0.05, 0.1) is 0 Å². The lowest BCUT2D eigenvalue weighted by Crippen LogP contribution is -2.43. The van der Waals surface area contributed by atoms with Gasteiger partial charge in [-0.05, 0) is 18.9 Å². The topological polar surface area (TPSA) is 75.4 Å². The van der Waals surface area contributed by atoms with Crippen LogP contribution < -0.4 is 16.0 Å². The maximum absolute atomic E-state index is 12.2. The van der Waals surface area contributed by atoms with Crippen LogP contribution >= 0.6 is 0 Å². The third-order valence-electron chi connectivity index (χ3n) is 4.12. The lowest BCUT2D eigenvalue weighted by atomic mass is 10.1. The monoisotopic (exact) mass is 273 g/mol. The number of para-hydroxylation sites is 1. The van der Waals surface area contributed by atoms with Crippen molar-refractivity contribution in [3.63, 3.8) is 0 Å². The predicted molar refractivity (Wildman–Crippen MR) is 76.1 cm³/mol. The molecule has 3 N–H and O–H groups in total. The van der Waals surface area contributed by atoms with Crippen molar-refractivity contribution < 1.29 is 9.59 Å². The lowest BCUT2D eigenvalue weighted by Gasteiger charge is -2.19. The number of nitrogens with zero attached hydrogens (tertiary/aromatic N) is 1. The van der Waals surface area contributed by atoms with E-state index in [1.165, 1.54) is 17.7 Å². The number of fused-ring (bicyclic) bond motifs is 1. The minimum absolute atomic E-state index is 0.0556. The Morgan fingerprint density at radius 2 is 2.00 bits per heavy atom. The Labute approximate surface area is 118 Å². The first-order valence-electron chi connectivity index (χ1n) is 7.12. The quantitative estimate of drug-likeness (QED) is 0.865. The molecule has 5 heteroatoms. The molecule has 20 heavy (non-hydrogen) atoms. The Morgan fingerprint density at radius 3 is 2.75 bits per heavy atom. The molecular formula is C15H19N3O2. The summed E-state index contributed by atoms with van der Waals surface area (Å²) in [5.74, 6) is -0.304. The summed E-state index contributed by atoms with van der Waals surface area (Å²) in [7, 11) is 0. The molecule has 106 valence electrons. The zero-order chi connectivity index (χ0) is 14.1. The number of hydrogen-bond acceptors (Lipinski definition) is 3. The Kier molecular flexibility index (Phi) is 3.44. The van der Waals surface area contributed by atoms with E-state index in [2.05, 4.69) is 5.32 Å². The maximum Gasteiger partial charge on any atom is 0.249 e. The van der Waals surface area contributed by atoms with Gasteiger partial charge in [-0.2, -0.15) is 0 Å². The van der Waals surface area contributed by atoms with Crippen molar-refractivity contribution >= 4 is 17.5 Å². The SMILES string of the molecule is NC1C(=O)N(CC(=O)NC2CCCC2)c2ccccc21. The average Bonchev–Trinajstić information content (AvgIpc) is 3.03. The molecule has 1 unspecified atom stereocenters. The van der Waals surface area contributed by atoms with Gasteiger partial charge >= 0.3 is 0 Å². The van der Waals surface area contributed by atoms with Crippen molar-refractivity contribution in [2.24, 2.45) is 5.73 Å². The second-order valence-electron chi connectivity index (χ2n) is 5.51. The van der Waals surface area contributed by atoms with E-state index in [1.54, 1.807) is 0 Å². The molecule has 3 rings (SSSR count). The Hall–Kier alpha value is -1.88. The molecule has 5 nitrogen and oxygen atoms in total. The van der Waals surface area contributed by atoms with Gasteiger partial charge in [-0.15, -0.1) is 0 Å². The van der Waals surface area contributed by atoms with E-state index in [0.29, 0.717) is 0 Å². The van der Waals surface area contributed by atoms with Crippen LogP contribution in [0.15, 0.2) is 24.3 Å². The fraction of sp³-hybridized carbons (Fsp3) is 0.467. The van der Waals surface area contributed by atoms with E-state index in [-0.39, 0.29) is 24.4 Å². The summed E-state index contributed by atoms with van der Waals surface area (Å²) in [4.78, 5) is 25.7. The first kappa shape index (κ1) is 13.1. The third-order valence-corrected chi connectivity index (χ3v) is 4.12. The number of benzene rings is 1. The van der Waals surface area contributed by atoms with Crippen LogP contribution in [0.4, 0.5) is 5.69 Å². The zero-order valence-corrected chi connectivity index (χ0v) is 11.3. The van der Waals surface area contributed by atoms with Gasteiger partial charge in [0.2, 0.25) is 11.8 Å². The number of carbonyl (C=O) groups excluding carboxylic acids is 2. The summed E-state index contributed by atoms with van der Waals surface area (Å²) in [5.41, 5.74) is 7.45. The van der Waals surface area contributed by atoms with E-state index in [4.69, 9.17) is 5.73 Å². The molecule has 0 aromatic heterocycles. The van der Waals surface area contributed by atoms with Gasteiger partial charge in [0.1, 0.15) is 12.6 Å². The zero-order valence-electron chi connectivity index (χ0n) is 11.3. The van der Waals surface area contributed by atoms with Crippen molar-refractivity contribution in [3.8, 4) is 0 Å². The van der Waals surface area contributed by atoms with Crippen LogP contribution in [-0.2, 0) is 9.59 Å². The Morgan fingerprint density at radius 1 is 1.30 bits per heavy atom. The van der Waals surface area contributed by atoms with Crippen LogP contribution in [0.2, 0.25) is 0 Å². The summed E-state index contributed by atoms with van der Waals surface area (Å²) >= 11 is 0. The van der Waals surface area contributed by atoms with E-state index in [0.717, 1.165) is 24.1 Å². The van der Waals surface area contributed by atoms with Gasteiger partial charge < -0.3 is 16.0 Å². The molecule has 1 saturated carbocycles. The molecule has 1 aromatic carbocycles.